The van der Waals surface area contributed by atoms with Crippen LogP contribution in [0.25, 0.3) is 15.9 Å². The molecular formula is C30H30FN9O2S. The molecular weight excluding hydrogens is 569 g/mol. The summed E-state index contributed by atoms with van der Waals surface area (Å²) in [7, 11) is 0. The molecule has 11 nitrogen and oxygen atoms in total. The zero-order chi connectivity index (χ0) is 30.1. The molecule has 1 atom stereocenters. The highest BCUT2D eigenvalue weighted by Gasteiger charge is 2.22. The van der Waals surface area contributed by atoms with Crippen molar-refractivity contribution in [1.29, 1.82) is 5.26 Å². The number of halogens is 1. The zero-order valence-corrected chi connectivity index (χ0v) is 24.5. The van der Waals surface area contributed by atoms with Crippen LogP contribution in [-0.4, -0.2) is 38.4 Å². The van der Waals surface area contributed by atoms with E-state index in [-0.39, 0.29) is 24.2 Å². The van der Waals surface area contributed by atoms with E-state index in [0.717, 1.165) is 56.0 Å². The Morgan fingerprint density at radius 1 is 1.21 bits per heavy atom. The Balaban J connectivity index is 1.39. The Kier molecular flexibility index (Phi) is 7.79. The second-order valence-corrected chi connectivity index (χ2v) is 11.6. The Hall–Kier alpha value is -4.80. The SMILES string of the molecule is CCCc1cc2nc(NC3CN3)sc2cc1CNc1nc(=O)n(C2=CNCC(C)=C2)c(=O)n1Cc1ccc(F)c(C#N)c1. The molecule has 6 rings (SSSR count). The number of fused-ring (bicyclic) bond motifs is 1. The molecule has 220 valence electrons. The first-order valence-corrected chi connectivity index (χ1v) is 14.8. The van der Waals surface area contributed by atoms with E-state index in [2.05, 4.69) is 45.3 Å². The minimum absolute atomic E-state index is 0.0350. The van der Waals surface area contributed by atoms with Crippen LogP contribution < -0.4 is 32.6 Å². The second kappa shape index (κ2) is 11.8. The number of nitrogens with zero attached hydrogens (tertiary/aromatic N) is 5. The van der Waals surface area contributed by atoms with Gasteiger partial charge in [-0.05, 0) is 60.4 Å². The monoisotopic (exact) mass is 599 g/mol. The number of aryl methyl sites for hydroxylation is 1. The van der Waals surface area contributed by atoms with E-state index >= 15 is 0 Å². The van der Waals surface area contributed by atoms with E-state index in [1.165, 1.54) is 22.8 Å². The predicted octanol–water partition coefficient (Wildman–Crippen LogP) is 3.33. The molecule has 0 radical (unpaired) electrons. The van der Waals surface area contributed by atoms with E-state index in [0.29, 0.717) is 24.4 Å². The van der Waals surface area contributed by atoms with Gasteiger partial charge in [0.05, 0.1) is 34.2 Å². The topological polar surface area (TPSA) is 152 Å². The van der Waals surface area contributed by atoms with Gasteiger partial charge in [0.1, 0.15) is 11.9 Å². The fourth-order valence-corrected chi connectivity index (χ4v) is 5.96. The maximum absolute atomic E-state index is 14.1. The maximum Gasteiger partial charge on any atom is 0.359 e. The quantitative estimate of drug-likeness (QED) is 0.201. The van der Waals surface area contributed by atoms with Crippen LogP contribution in [0, 0.1) is 17.1 Å². The van der Waals surface area contributed by atoms with Gasteiger partial charge in [0.25, 0.3) is 0 Å². The number of allylic oxidation sites excluding steroid dienone is 2. The first-order valence-electron chi connectivity index (χ1n) is 14.0. The Morgan fingerprint density at radius 3 is 2.79 bits per heavy atom. The third-order valence-corrected chi connectivity index (χ3v) is 8.17. The smallest absolute Gasteiger partial charge is 0.359 e. The zero-order valence-electron chi connectivity index (χ0n) is 23.7. The van der Waals surface area contributed by atoms with Crippen molar-refractivity contribution in [2.75, 3.05) is 23.7 Å². The minimum Gasteiger partial charge on any atom is -0.385 e. The van der Waals surface area contributed by atoms with Crippen molar-refractivity contribution in [3.63, 3.8) is 0 Å². The number of hydrogen-bond donors (Lipinski definition) is 4. The Labute approximate surface area is 250 Å². The third kappa shape index (κ3) is 6.06. The average Bonchev–Trinajstić information content (AvgIpc) is 3.71. The van der Waals surface area contributed by atoms with Gasteiger partial charge in [-0.3, -0.25) is 9.88 Å². The summed E-state index contributed by atoms with van der Waals surface area (Å²) in [4.78, 5) is 36.2. The standard InChI is InChI=1S/C30H30FN9O2S/c1-3-4-19-9-24-25(43-28(36-24)37-26-15-34-26)10-21(19)13-35-27-38-29(41)40(22-7-17(2)12-33-14-22)30(42)39(27)16-18-5-6-23(31)20(8-18)11-32/h5-10,14,26,33-34H,3-4,12-13,15-16H2,1-2H3,(H,36,37)(H,35,38,41). The predicted molar refractivity (Wildman–Crippen MR) is 165 cm³/mol. The average molecular weight is 600 g/mol. The fourth-order valence-electron chi connectivity index (χ4n) is 4.99. The van der Waals surface area contributed by atoms with Gasteiger partial charge < -0.3 is 16.0 Å². The molecule has 0 saturated carbocycles. The van der Waals surface area contributed by atoms with E-state index in [4.69, 9.17) is 4.98 Å². The molecule has 4 N–H and O–H groups in total. The Morgan fingerprint density at radius 2 is 2.05 bits per heavy atom. The molecule has 2 aliphatic heterocycles. The number of nitriles is 1. The summed E-state index contributed by atoms with van der Waals surface area (Å²) in [6.45, 7) is 5.79. The van der Waals surface area contributed by atoms with Gasteiger partial charge in [-0.1, -0.05) is 36.3 Å². The van der Waals surface area contributed by atoms with Gasteiger partial charge >= 0.3 is 11.4 Å². The summed E-state index contributed by atoms with van der Waals surface area (Å²) in [5.74, 6) is -0.569. The van der Waals surface area contributed by atoms with Crippen LogP contribution in [0.2, 0.25) is 0 Å². The van der Waals surface area contributed by atoms with Gasteiger partial charge in [-0.25, -0.2) is 23.5 Å². The summed E-state index contributed by atoms with van der Waals surface area (Å²) in [6, 6.07) is 10.1. The van der Waals surface area contributed by atoms with Gasteiger partial charge in [-0.2, -0.15) is 10.2 Å². The molecule has 1 fully saturated rings. The molecule has 0 aliphatic carbocycles. The van der Waals surface area contributed by atoms with Crippen LogP contribution in [0.3, 0.4) is 0 Å². The van der Waals surface area contributed by atoms with Crippen molar-refractivity contribution in [3.8, 4) is 6.07 Å². The summed E-state index contributed by atoms with van der Waals surface area (Å²) >= 11 is 1.57. The third-order valence-electron chi connectivity index (χ3n) is 7.22. The van der Waals surface area contributed by atoms with Gasteiger partial charge in [0.2, 0.25) is 5.95 Å². The molecule has 2 aliphatic rings. The second-order valence-electron chi connectivity index (χ2n) is 10.6. The lowest BCUT2D eigenvalue weighted by atomic mass is 10.0. The van der Waals surface area contributed by atoms with Crippen molar-refractivity contribution in [3.05, 3.63) is 97.2 Å². The Bertz CT molecular complexity index is 1950. The van der Waals surface area contributed by atoms with Crippen LogP contribution >= 0.6 is 11.3 Å². The van der Waals surface area contributed by atoms with Crippen LogP contribution in [0.1, 0.15) is 42.5 Å². The summed E-state index contributed by atoms with van der Waals surface area (Å²) in [5, 5.41) is 23.1. The molecule has 0 spiro atoms. The number of aromatic nitrogens is 4. The van der Waals surface area contributed by atoms with Crippen LogP contribution in [0.5, 0.6) is 0 Å². The highest BCUT2D eigenvalue weighted by molar-refractivity contribution is 7.22. The molecule has 0 bridgehead atoms. The molecule has 0 amide bonds. The number of hydrogen-bond acceptors (Lipinski definition) is 10. The molecule has 1 unspecified atom stereocenters. The largest absolute Gasteiger partial charge is 0.385 e. The van der Waals surface area contributed by atoms with E-state index in [9.17, 15) is 19.2 Å². The fraction of sp³-hybridized carbons (Fsp3) is 0.300. The van der Waals surface area contributed by atoms with Gasteiger partial charge in [-0.15, -0.1) is 0 Å². The molecule has 2 aromatic heterocycles. The van der Waals surface area contributed by atoms with Gasteiger partial charge in [0.15, 0.2) is 5.13 Å². The number of anilines is 2. The number of nitrogens with one attached hydrogen (secondary N) is 4. The van der Waals surface area contributed by atoms with E-state index in [1.807, 2.05) is 13.0 Å². The first kappa shape index (κ1) is 28.3. The number of dihydropyridines is 1. The van der Waals surface area contributed by atoms with Gasteiger partial charge in [0, 0.05) is 25.8 Å². The normalized spacial score (nSPS) is 15.8. The molecule has 13 heteroatoms. The minimum atomic E-state index is -0.726. The number of benzene rings is 2. The lowest BCUT2D eigenvalue weighted by Crippen LogP contribution is -2.43. The summed E-state index contributed by atoms with van der Waals surface area (Å²) in [5.41, 5.74) is 3.40. The number of rotatable bonds is 10. The molecule has 4 aromatic rings. The highest BCUT2D eigenvalue weighted by Crippen LogP contribution is 2.30. The van der Waals surface area contributed by atoms with Crippen molar-refractivity contribution in [1.82, 2.24) is 29.7 Å². The lowest BCUT2D eigenvalue weighted by Gasteiger charge is -2.19. The molecule has 4 heterocycles. The summed E-state index contributed by atoms with van der Waals surface area (Å²) < 4.78 is 17.4. The van der Waals surface area contributed by atoms with E-state index < -0.39 is 17.2 Å². The number of thiazole rings is 1. The lowest BCUT2D eigenvalue weighted by molar-refractivity contribution is 0.619. The van der Waals surface area contributed by atoms with Crippen LogP contribution in [-0.2, 0) is 19.5 Å². The van der Waals surface area contributed by atoms with Crippen molar-refractivity contribution < 1.29 is 4.39 Å². The highest BCUT2D eigenvalue weighted by atomic mass is 32.1. The van der Waals surface area contributed by atoms with Crippen molar-refractivity contribution in [2.24, 2.45) is 0 Å². The molecule has 1 saturated heterocycles. The molecule has 2 aromatic carbocycles. The summed E-state index contributed by atoms with van der Waals surface area (Å²) in [6.07, 6.45) is 5.38. The maximum atomic E-state index is 14.1. The van der Waals surface area contributed by atoms with E-state index in [1.54, 1.807) is 23.6 Å². The van der Waals surface area contributed by atoms with Crippen molar-refractivity contribution in [2.45, 2.75) is 45.9 Å². The van der Waals surface area contributed by atoms with Crippen molar-refractivity contribution >= 4 is 38.3 Å². The molecule has 43 heavy (non-hydrogen) atoms. The van der Waals surface area contributed by atoms with Crippen LogP contribution in [0.4, 0.5) is 15.5 Å². The first-order chi connectivity index (χ1) is 20.8. The van der Waals surface area contributed by atoms with Crippen LogP contribution in [0.15, 0.2) is 57.8 Å².